The van der Waals surface area contributed by atoms with Crippen LogP contribution in [0, 0.1) is 5.82 Å². The molecule has 2 N–H and O–H groups in total. The molecule has 0 aliphatic carbocycles. The SMILES string of the molecule is CC(NCC(F)(F)CO)c1c(Cl)ccc(F)c1Cl. The van der Waals surface area contributed by atoms with E-state index in [1.807, 2.05) is 0 Å². The smallest absolute Gasteiger partial charge is 0.282 e. The van der Waals surface area contributed by atoms with Crippen LogP contribution in [0.3, 0.4) is 0 Å². The van der Waals surface area contributed by atoms with Crippen molar-refractivity contribution in [2.45, 2.75) is 18.9 Å². The molecule has 1 atom stereocenters. The summed E-state index contributed by atoms with van der Waals surface area (Å²) in [6, 6.07) is 1.74. The Balaban J connectivity index is 2.85. The number of halogens is 5. The second kappa shape index (κ2) is 6.10. The summed E-state index contributed by atoms with van der Waals surface area (Å²) in [7, 11) is 0. The molecule has 0 bridgehead atoms. The standard InChI is InChI=1S/C11H12Cl2F3NO/c1-6(17-4-11(15,16)5-18)9-7(12)2-3-8(14)10(9)13/h2-3,6,17-18H,4-5H2,1H3. The van der Waals surface area contributed by atoms with Gasteiger partial charge in [0.05, 0.1) is 11.6 Å². The summed E-state index contributed by atoms with van der Waals surface area (Å²) in [6.45, 7) is -0.495. The van der Waals surface area contributed by atoms with E-state index >= 15 is 0 Å². The Kier molecular flexibility index (Phi) is 5.28. The summed E-state index contributed by atoms with van der Waals surface area (Å²) in [4.78, 5) is 0. The molecular formula is C11H12Cl2F3NO. The van der Waals surface area contributed by atoms with Crippen LogP contribution in [0.1, 0.15) is 18.5 Å². The van der Waals surface area contributed by atoms with E-state index in [1.54, 1.807) is 0 Å². The van der Waals surface area contributed by atoms with Crippen molar-refractivity contribution in [3.05, 3.63) is 33.6 Å². The molecule has 1 aromatic rings. The normalized spacial score (nSPS) is 13.7. The first-order valence-corrected chi connectivity index (χ1v) is 5.89. The van der Waals surface area contributed by atoms with Gasteiger partial charge in [0.25, 0.3) is 5.92 Å². The van der Waals surface area contributed by atoms with Crippen LogP contribution in [-0.4, -0.2) is 24.2 Å². The fraction of sp³-hybridized carbons (Fsp3) is 0.455. The minimum Gasteiger partial charge on any atom is -0.390 e. The first-order valence-electron chi connectivity index (χ1n) is 5.14. The number of hydrogen-bond acceptors (Lipinski definition) is 2. The highest BCUT2D eigenvalue weighted by molar-refractivity contribution is 6.36. The maximum atomic E-state index is 13.3. The van der Waals surface area contributed by atoms with E-state index in [9.17, 15) is 13.2 Å². The van der Waals surface area contributed by atoms with Gasteiger partial charge in [-0.2, -0.15) is 0 Å². The third-order valence-corrected chi connectivity index (χ3v) is 3.12. The fourth-order valence-electron chi connectivity index (χ4n) is 1.40. The van der Waals surface area contributed by atoms with Gasteiger partial charge in [-0.3, -0.25) is 0 Å². The molecule has 0 heterocycles. The van der Waals surface area contributed by atoms with Gasteiger partial charge < -0.3 is 10.4 Å². The van der Waals surface area contributed by atoms with Gasteiger partial charge in [-0.25, -0.2) is 13.2 Å². The van der Waals surface area contributed by atoms with E-state index in [0.29, 0.717) is 0 Å². The molecule has 1 aromatic carbocycles. The average molecular weight is 302 g/mol. The van der Waals surface area contributed by atoms with Crippen LogP contribution in [-0.2, 0) is 0 Å². The van der Waals surface area contributed by atoms with E-state index in [-0.39, 0.29) is 15.6 Å². The monoisotopic (exact) mass is 301 g/mol. The van der Waals surface area contributed by atoms with Crippen LogP contribution >= 0.6 is 23.2 Å². The van der Waals surface area contributed by atoms with Crippen molar-refractivity contribution in [1.82, 2.24) is 5.32 Å². The molecule has 0 spiro atoms. The molecule has 2 nitrogen and oxygen atoms in total. The van der Waals surface area contributed by atoms with Gasteiger partial charge in [0.2, 0.25) is 0 Å². The number of aliphatic hydroxyl groups is 1. The maximum absolute atomic E-state index is 13.3. The Morgan fingerprint density at radius 1 is 1.39 bits per heavy atom. The molecule has 7 heteroatoms. The number of alkyl halides is 2. The zero-order valence-electron chi connectivity index (χ0n) is 9.48. The summed E-state index contributed by atoms with van der Waals surface area (Å²) in [5.41, 5.74) is 0.215. The average Bonchev–Trinajstić information content (AvgIpc) is 2.32. The van der Waals surface area contributed by atoms with E-state index in [4.69, 9.17) is 28.3 Å². The number of hydrogen-bond donors (Lipinski definition) is 2. The van der Waals surface area contributed by atoms with Crippen LogP contribution in [0.25, 0.3) is 0 Å². The zero-order chi connectivity index (χ0) is 13.9. The first kappa shape index (κ1) is 15.6. The van der Waals surface area contributed by atoms with E-state index in [0.717, 1.165) is 6.07 Å². The Labute approximate surface area is 113 Å². The second-order valence-corrected chi connectivity index (χ2v) is 4.66. The van der Waals surface area contributed by atoms with Crippen LogP contribution in [0.15, 0.2) is 12.1 Å². The topological polar surface area (TPSA) is 32.3 Å². The van der Waals surface area contributed by atoms with Gasteiger partial charge in [0, 0.05) is 16.6 Å². The van der Waals surface area contributed by atoms with Gasteiger partial charge >= 0.3 is 0 Å². The lowest BCUT2D eigenvalue weighted by molar-refractivity contribution is -0.0490. The van der Waals surface area contributed by atoms with E-state index in [1.165, 1.54) is 13.0 Å². The Hall–Kier alpha value is -0.490. The number of nitrogens with one attached hydrogen (secondary N) is 1. The molecule has 0 fully saturated rings. The van der Waals surface area contributed by atoms with Gasteiger partial charge in [-0.1, -0.05) is 23.2 Å². The maximum Gasteiger partial charge on any atom is 0.282 e. The van der Waals surface area contributed by atoms with Crippen molar-refractivity contribution in [3.8, 4) is 0 Å². The van der Waals surface area contributed by atoms with Crippen molar-refractivity contribution in [3.63, 3.8) is 0 Å². The highest BCUT2D eigenvalue weighted by Gasteiger charge is 2.28. The van der Waals surface area contributed by atoms with Crippen molar-refractivity contribution in [2.75, 3.05) is 13.2 Å². The summed E-state index contributed by atoms with van der Waals surface area (Å²) >= 11 is 11.6. The minimum atomic E-state index is -3.25. The quantitative estimate of drug-likeness (QED) is 0.817. The summed E-state index contributed by atoms with van der Waals surface area (Å²) in [6.07, 6.45) is 0. The molecule has 1 unspecified atom stereocenters. The van der Waals surface area contributed by atoms with Crippen LogP contribution in [0.4, 0.5) is 13.2 Å². The Morgan fingerprint density at radius 3 is 2.56 bits per heavy atom. The molecule has 0 aromatic heterocycles. The lowest BCUT2D eigenvalue weighted by Crippen LogP contribution is -2.37. The molecule has 0 saturated carbocycles. The molecule has 0 aliphatic rings. The fourth-order valence-corrected chi connectivity index (χ4v) is 2.10. The van der Waals surface area contributed by atoms with Crippen molar-refractivity contribution >= 4 is 23.2 Å². The predicted octanol–water partition coefficient (Wildman–Crippen LogP) is 3.41. The summed E-state index contributed by atoms with van der Waals surface area (Å²) in [5.74, 6) is -3.92. The van der Waals surface area contributed by atoms with Crippen LogP contribution in [0.2, 0.25) is 10.0 Å². The number of aliphatic hydroxyl groups excluding tert-OH is 1. The van der Waals surface area contributed by atoms with Crippen molar-refractivity contribution in [1.29, 1.82) is 0 Å². The largest absolute Gasteiger partial charge is 0.390 e. The molecule has 102 valence electrons. The first-order chi connectivity index (χ1) is 8.28. The highest BCUT2D eigenvalue weighted by Crippen LogP contribution is 2.32. The second-order valence-electron chi connectivity index (χ2n) is 3.87. The Bertz CT molecular complexity index is 429. The molecule has 0 radical (unpaired) electrons. The van der Waals surface area contributed by atoms with E-state index < -0.39 is 30.9 Å². The molecule has 1 rings (SSSR count). The third-order valence-electron chi connectivity index (χ3n) is 2.41. The van der Waals surface area contributed by atoms with Crippen LogP contribution in [0.5, 0.6) is 0 Å². The van der Waals surface area contributed by atoms with Gasteiger partial charge in [0.1, 0.15) is 12.4 Å². The summed E-state index contributed by atoms with van der Waals surface area (Å²) in [5, 5.41) is 10.9. The molecule has 0 aliphatic heterocycles. The van der Waals surface area contributed by atoms with Gasteiger partial charge in [0.15, 0.2) is 0 Å². The number of rotatable bonds is 5. The molecule has 18 heavy (non-hydrogen) atoms. The van der Waals surface area contributed by atoms with Crippen LogP contribution < -0.4 is 5.32 Å². The van der Waals surface area contributed by atoms with Gasteiger partial charge in [-0.15, -0.1) is 0 Å². The molecule has 0 amide bonds. The predicted molar refractivity (Wildman–Crippen MR) is 64.9 cm³/mol. The molecule has 0 saturated heterocycles. The lowest BCUT2D eigenvalue weighted by atomic mass is 10.1. The van der Waals surface area contributed by atoms with Crippen molar-refractivity contribution in [2.24, 2.45) is 0 Å². The minimum absolute atomic E-state index is 0.189. The number of benzene rings is 1. The van der Waals surface area contributed by atoms with Crippen molar-refractivity contribution < 1.29 is 18.3 Å². The lowest BCUT2D eigenvalue weighted by Gasteiger charge is -2.20. The molecular weight excluding hydrogens is 290 g/mol. The zero-order valence-corrected chi connectivity index (χ0v) is 11.0. The highest BCUT2D eigenvalue weighted by atomic mass is 35.5. The van der Waals surface area contributed by atoms with Gasteiger partial charge in [-0.05, 0) is 19.1 Å². The summed E-state index contributed by atoms with van der Waals surface area (Å²) < 4.78 is 39.0. The Morgan fingerprint density at radius 2 is 2.00 bits per heavy atom. The third kappa shape index (κ3) is 3.75. The van der Waals surface area contributed by atoms with E-state index in [2.05, 4.69) is 5.32 Å².